The third kappa shape index (κ3) is 5.44. The highest BCUT2D eigenvalue weighted by Crippen LogP contribution is 2.20. The van der Waals surface area contributed by atoms with Gasteiger partial charge in [0.2, 0.25) is 5.91 Å². The van der Waals surface area contributed by atoms with E-state index in [1.165, 1.54) is 31.4 Å². The molecule has 1 fully saturated rings. The molecule has 0 radical (unpaired) electrons. The normalized spacial score (nSPS) is 14.1. The van der Waals surface area contributed by atoms with E-state index in [1.54, 1.807) is 12.1 Å². The van der Waals surface area contributed by atoms with E-state index in [0.29, 0.717) is 31.0 Å². The zero-order valence-electron chi connectivity index (χ0n) is 14.8. The van der Waals surface area contributed by atoms with Crippen molar-refractivity contribution in [1.82, 2.24) is 4.98 Å². The van der Waals surface area contributed by atoms with E-state index < -0.39 is 0 Å². The first-order valence-electron chi connectivity index (χ1n) is 9.10. The predicted octanol–water partition coefficient (Wildman–Crippen LogP) is 4.01. The number of halogens is 1. The first-order chi connectivity index (χ1) is 12.7. The number of anilines is 2. The molecule has 5 nitrogen and oxygen atoms in total. The van der Waals surface area contributed by atoms with Gasteiger partial charge in [0.15, 0.2) is 0 Å². The van der Waals surface area contributed by atoms with Gasteiger partial charge < -0.3 is 15.0 Å². The molecule has 2 heterocycles. The molecule has 0 spiro atoms. The minimum Gasteiger partial charge on any atom is -0.494 e. The first kappa shape index (κ1) is 18.2. The quantitative estimate of drug-likeness (QED) is 0.761. The van der Waals surface area contributed by atoms with E-state index >= 15 is 0 Å². The number of piperidine rings is 1. The first-order valence-corrected chi connectivity index (χ1v) is 9.10. The van der Waals surface area contributed by atoms with Crippen molar-refractivity contribution in [3.8, 4) is 5.75 Å². The number of aromatic nitrogens is 1. The lowest BCUT2D eigenvalue weighted by Gasteiger charge is -2.28. The number of benzene rings is 1. The minimum atomic E-state index is -0.296. The highest BCUT2D eigenvalue weighted by Gasteiger charge is 2.11. The standard InChI is InChI=1S/C20H24FN3O2/c21-16-6-9-18(10-7-16)26-14-4-5-20(25)23-19-11-8-17(15-22-19)24-12-2-1-3-13-24/h6-11,15H,1-5,12-14H2,(H,22,23,25). The summed E-state index contributed by atoms with van der Waals surface area (Å²) in [5, 5.41) is 2.80. The second-order valence-corrected chi connectivity index (χ2v) is 6.40. The van der Waals surface area contributed by atoms with E-state index in [0.717, 1.165) is 18.8 Å². The van der Waals surface area contributed by atoms with Crippen LogP contribution < -0.4 is 15.0 Å². The van der Waals surface area contributed by atoms with E-state index in [4.69, 9.17) is 4.74 Å². The highest BCUT2D eigenvalue weighted by molar-refractivity contribution is 5.89. The van der Waals surface area contributed by atoms with Crippen molar-refractivity contribution in [3.63, 3.8) is 0 Å². The van der Waals surface area contributed by atoms with Crippen molar-refractivity contribution in [2.24, 2.45) is 0 Å². The Morgan fingerprint density at radius 1 is 1.12 bits per heavy atom. The summed E-state index contributed by atoms with van der Waals surface area (Å²) in [7, 11) is 0. The summed E-state index contributed by atoms with van der Waals surface area (Å²) >= 11 is 0. The Morgan fingerprint density at radius 2 is 1.88 bits per heavy atom. The van der Waals surface area contributed by atoms with Gasteiger partial charge in [-0.1, -0.05) is 0 Å². The van der Waals surface area contributed by atoms with Crippen LogP contribution >= 0.6 is 0 Å². The Morgan fingerprint density at radius 3 is 2.58 bits per heavy atom. The van der Waals surface area contributed by atoms with E-state index in [-0.39, 0.29) is 11.7 Å². The summed E-state index contributed by atoms with van der Waals surface area (Å²) in [5.41, 5.74) is 1.11. The van der Waals surface area contributed by atoms with Crippen molar-refractivity contribution >= 4 is 17.4 Å². The Bertz CT molecular complexity index is 698. The molecule has 3 rings (SSSR count). The second-order valence-electron chi connectivity index (χ2n) is 6.40. The summed E-state index contributed by atoms with van der Waals surface area (Å²) in [6.45, 7) is 2.54. The lowest BCUT2D eigenvalue weighted by atomic mass is 10.1. The van der Waals surface area contributed by atoms with E-state index in [1.807, 2.05) is 18.3 Å². The molecule has 1 saturated heterocycles. The summed E-state index contributed by atoms with van der Waals surface area (Å²) in [4.78, 5) is 18.7. The van der Waals surface area contributed by atoms with E-state index in [2.05, 4.69) is 15.2 Å². The van der Waals surface area contributed by atoms with Crippen LogP contribution in [-0.4, -0.2) is 30.6 Å². The van der Waals surface area contributed by atoms with Crippen molar-refractivity contribution in [2.45, 2.75) is 32.1 Å². The summed E-state index contributed by atoms with van der Waals surface area (Å²) in [6, 6.07) is 9.69. The molecule has 26 heavy (non-hydrogen) atoms. The number of rotatable bonds is 7. The summed E-state index contributed by atoms with van der Waals surface area (Å²) < 4.78 is 18.3. The van der Waals surface area contributed by atoms with Gasteiger partial charge >= 0.3 is 0 Å². The molecule has 1 aliphatic heterocycles. The van der Waals surface area contributed by atoms with Crippen molar-refractivity contribution in [1.29, 1.82) is 0 Å². The maximum Gasteiger partial charge on any atom is 0.225 e. The highest BCUT2D eigenvalue weighted by atomic mass is 19.1. The van der Waals surface area contributed by atoms with Crippen LogP contribution in [0.3, 0.4) is 0 Å². The van der Waals surface area contributed by atoms with Crippen molar-refractivity contribution < 1.29 is 13.9 Å². The third-order valence-corrected chi connectivity index (χ3v) is 4.37. The third-order valence-electron chi connectivity index (χ3n) is 4.37. The van der Waals surface area contributed by atoms with Crippen LogP contribution in [0, 0.1) is 5.82 Å². The fraction of sp³-hybridized carbons (Fsp3) is 0.400. The largest absolute Gasteiger partial charge is 0.494 e. The van der Waals surface area contributed by atoms with Crippen LogP contribution in [0.1, 0.15) is 32.1 Å². The van der Waals surface area contributed by atoms with Crippen LogP contribution in [0.2, 0.25) is 0 Å². The zero-order chi connectivity index (χ0) is 18.2. The van der Waals surface area contributed by atoms with Gasteiger partial charge in [0.1, 0.15) is 17.4 Å². The molecule has 138 valence electrons. The maximum absolute atomic E-state index is 12.8. The van der Waals surface area contributed by atoms with Gasteiger partial charge in [-0.15, -0.1) is 0 Å². The number of amides is 1. The molecule has 1 aliphatic rings. The fourth-order valence-electron chi connectivity index (χ4n) is 2.96. The minimum absolute atomic E-state index is 0.0917. The molecule has 6 heteroatoms. The molecule has 1 aromatic heterocycles. The Labute approximate surface area is 153 Å². The molecule has 0 atom stereocenters. The molecule has 0 saturated carbocycles. The van der Waals surface area contributed by atoms with E-state index in [9.17, 15) is 9.18 Å². The number of hydrogen-bond donors (Lipinski definition) is 1. The van der Waals surface area contributed by atoms with Gasteiger partial charge in [-0.2, -0.15) is 0 Å². The van der Waals surface area contributed by atoms with Gasteiger partial charge in [-0.3, -0.25) is 4.79 Å². The number of nitrogens with one attached hydrogen (secondary N) is 1. The predicted molar refractivity (Wildman–Crippen MR) is 100 cm³/mol. The zero-order valence-corrected chi connectivity index (χ0v) is 14.8. The number of carbonyl (C=O) groups is 1. The van der Waals surface area contributed by atoms with Gasteiger partial charge in [0.05, 0.1) is 18.5 Å². The Balaban J connectivity index is 1.38. The smallest absolute Gasteiger partial charge is 0.225 e. The fourth-order valence-corrected chi connectivity index (χ4v) is 2.96. The second kappa shape index (κ2) is 9.17. The lowest BCUT2D eigenvalue weighted by molar-refractivity contribution is -0.116. The monoisotopic (exact) mass is 357 g/mol. The number of carbonyl (C=O) groups excluding carboxylic acids is 1. The van der Waals surface area contributed by atoms with Crippen LogP contribution in [0.25, 0.3) is 0 Å². The van der Waals surface area contributed by atoms with Gasteiger partial charge in [0.25, 0.3) is 0 Å². The Hall–Kier alpha value is -2.63. The number of ether oxygens (including phenoxy) is 1. The number of hydrogen-bond acceptors (Lipinski definition) is 4. The molecule has 0 aliphatic carbocycles. The van der Waals surface area contributed by atoms with Crippen LogP contribution in [-0.2, 0) is 4.79 Å². The average molecular weight is 357 g/mol. The SMILES string of the molecule is O=C(CCCOc1ccc(F)cc1)Nc1ccc(N2CCCCC2)cn1. The molecule has 0 bridgehead atoms. The van der Waals surface area contributed by atoms with Crippen LogP contribution in [0.15, 0.2) is 42.6 Å². The molecular formula is C20H24FN3O2. The molecule has 1 aromatic carbocycles. The topological polar surface area (TPSA) is 54.5 Å². The number of pyridine rings is 1. The number of nitrogens with zero attached hydrogens (tertiary/aromatic N) is 2. The molecule has 1 amide bonds. The summed E-state index contributed by atoms with van der Waals surface area (Å²) in [5.74, 6) is 0.776. The van der Waals surface area contributed by atoms with Crippen LogP contribution in [0.5, 0.6) is 5.75 Å². The maximum atomic E-state index is 12.8. The van der Waals surface area contributed by atoms with Crippen molar-refractivity contribution in [2.75, 3.05) is 29.9 Å². The molecule has 0 unspecified atom stereocenters. The van der Waals surface area contributed by atoms with Crippen molar-refractivity contribution in [3.05, 3.63) is 48.4 Å². The average Bonchev–Trinajstić information content (AvgIpc) is 2.68. The van der Waals surface area contributed by atoms with Gasteiger partial charge in [-0.25, -0.2) is 9.37 Å². The molecular weight excluding hydrogens is 333 g/mol. The molecule has 1 N–H and O–H groups in total. The van der Waals surface area contributed by atoms with Crippen LogP contribution in [0.4, 0.5) is 15.9 Å². The lowest BCUT2D eigenvalue weighted by Crippen LogP contribution is -2.29. The Kier molecular flexibility index (Phi) is 6.41. The van der Waals surface area contributed by atoms with Gasteiger partial charge in [0, 0.05) is 19.5 Å². The summed E-state index contributed by atoms with van der Waals surface area (Å²) in [6.07, 6.45) is 6.48. The molecule has 2 aromatic rings. The van der Waals surface area contributed by atoms with Gasteiger partial charge in [-0.05, 0) is 62.1 Å².